The van der Waals surface area contributed by atoms with Crippen LogP contribution in [0.2, 0.25) is 0 Å². The molecule has 17 heavy (non-hydrogen) atoms. The summed E-state index contributed by atoms with van der Waals surface area (Å²) in [6.45, 7) is 0. The van der Waals surface area contributed by atoms with Gasteiger partial charge in [-0.15, -0.1) is 0 Å². The van der Waals surface area contributed by atoms with Gasteiger partial charge in [0.1, 0.15) is 0 Å². The fourth-order valence-corrected chi connectivity index (χ4v) is 2.48. The van der Waals surface area contributed by atoms with Gasteiger partial charge in [0.05, 0.1) is 5.54 Å². The average Bonchev–Trinajstić information content (AvgIpc) is 2.69. The zero-order chi connectivity index (χ0) is 11.7. The van der Waals surface area contributed by atoms with Crippen LogP contribution in [0.1, 0.15) is 16.7 Å². The Morgan fingerprint density at radius 1 is 0.882 bits per heavy atom. The van der Waals surface area contributed by atoms with Crippen molar-refractivity contribution in [3.8, 4) is 0 Å². The van der Waals surface area contributed by atoms with Gasteiger partial charge in [0.2, 0.25) is 0 Å². The highest BCUT2D eigenvalue weighted by molar-refractivity contribution is 5.64. The van der Waals surface area contributed by atoms with Crippen molar-refractivity contribution in [3.63, 3.8) is 0 Å². The molecule has 0 heterocycles. The van der Waals surface area contributed by atoms with E-state index in [4.69, 9.17) is 5.73 Å². The summed E-state index contributed by atoms with van der Waals surface area (Å²) in [5.74, 6) is 0. The molecule has 1 unspecified atom stereocenters. The first-order valence-corrected chi connectivity index (χ1v) is 5.89. The molecule has 0 saturated heterocycles. The predicted molar refractivity (Wildman–Crippen MR) is 71.5 cm³/mol. The van der Waals surface area contributed by atoms with E-state index in [1.54, 1.807) is 0 Å². The van der Waals surface area contributed by atoms with Gasteiger partial charge in [0.15, 0.2) is 0 Å². The van der Waals surface area contributed by atoms with Crippen LogP contribution < -0.4 is 5.73 Å². The van der Waals surface area contributed by atoms with Crippen molar-refractivity contribution in [2.24, 2.45) is 5.73 Å². The number of nitrogens with two attached hydrogens (primary N) is 1. The number of hydrogen-bond acceptors (Lipinski definition) is 1. The largest absolute Gasteiger partial charge is 0.318 e. The molecule has 0 aliphatic heterocycles. The van der Waals surface area contributed by atoms with Gasteiger partial charge in [0.25, 0.3) is 0 Å². The highest BCUT2D eigenvalue weighted by Gasteiger charge is 2.30. The van der Waals surface area contributed by atoms with E-state index in [9.17, 15) is 0 Å². The maximum absolute atomic E-state index is 6.52. The maximum Gasteiger partial charge on any atom is 0.0645 e. The first kappa shape index (κ1) is 10.3. The molecule has 0 bridgehead atoms. The van der Waals surface area contributed by atoms with Crippen molar-refractivity contribution < 1.29 is 0 Å². The fourth-order valence-electron chi connectivity index (χ4n) is 2.48. The third-order valence-corrected chi connectivity index (χ3v) is 3.36. The summed E-state index contributed by atoms with van der Waals surface area (Å²) in [7, 11) is 0. The molecular weight excluding hydrogens is 206 g/mol. The van der Waals surface area contributed by atoms with E-state index in [1.165, 1.54) is 16.7 Å². The van der Waals surface area contributed by atoms with Crippen molar-refractivity contribution in [3.05, 3.63) is 77.4 Å². The molecule has 2 N–H and O–H groups in total. The van der Waals surface area contributed by atoms with Gasteiger partial charge < -0.3 is 5.73 Å². The molecule has 0 aromatic heterocycles. The van der Waals surface area contributed by atoms with Crippen LogP contribution in [-0.4, -0.2) is 0 Å². The van der Waals surface area contributed by atoms with Gasteiger partial charge >= 0.3 is 0 Å². The summed E-state index contributed by atoms with van der Waals surface area (Å²) in [6.07, 6.45) is 5.09. The van der Waals surface area contributed by atoms with Gasteiger partial charge in [-0.05, 0) is 23.1 Å². The second-order valence-corrected chi connectivity index (χ2v) is 4.62. The minimum absolute atomic E-state index is 0.349. The molecule has 0 fully saturated rings. The van der Waals surface area contributed by atoms with E-state index in [1.807, 2.05) is 6.07 Å². The van der Waals surface area contributed by atoms with Crippen molar-refractivity contribution in [2.75, 3.05) is 0 Å². The SMILES string of the molecule is NC1(Cc2ccccc2)C=Cc2ccccc21. The summed E-state index contributed by atoms with van der Waals surface area (Å²) in [6, 6.07) is 18.8. The zero-order valence-electron chi connectivity index (χ0n) is 9.64. The summed E-state index contributed by atoms with van der Waals surface area (Å²) >= 11 is 0. The molecule has 1 heteroatoms. The molecule has 1 aliphatic carbocycles. The molecule has 1 nitrogen and oxygen atoms in total. The summed E-state index contributed by atoms with van der Waals surface area (Å²) < 4.78 is 0. The van der Waals surface area contributed by atoms with Gasteiger partial charge in [-0.1, -0.05) is 66.7 Å². The van der Waals surface area contributed by atoms with E-state index >= 15 is 0 Å². The quantitative estimate of drug-likeness (QED) is 0.828. The monoisotopic (exact) mass is 221 g/mol. The molecule has 0 amide bonds. The number of rotatable bonds is 2. The van der Waals surface area contributed by atoms with E-state index in [-0.39, 0.29) is 5.54 Å². The Kier molecular flexibility index (Phi) is 2.34. The molecule has 1 aliphatic rings. The molecule has 0 spiro atoms. The van der Waals surface area contributed by atoms with Crippen molar-refractivity contribution in [1.29, 1.82) is 0 Å². The fraction of sp³-hybridized carbons (Fsp3) is 0.125. The van der Waals surface area contributed by atoms with Crippen LogP contribution in [-0.2, 0) is 12.0 Å². The lowest BCUT2D eigenvalue weighted by Gasteiger charge is -2.24. The van der Waals surface area contributed by atoms with Crippen molar-refractivity contribution in [2.45, 2.75) is 12.0 Å². The number of fused-ring (bicyclic) bond motifs is 1. The summed E-state index contributed by atoms with van der Waals surface area (Å²) in [5.41, 5.74) is 9.91. The third kappa shape index (κ3) is 1.79. The van der Waals surface area contributed by atoms with Gasteiger partial charge in [-0.2, -0.15) is 0 Å². The van der Waals surface area contributed by atoms with E-state index in [0.29, 0.717) is 0 Å². The number of hydrogen-bond donors (Lipinski definition) is 1. The van der Waals surface area contributed by atoms with Gasteiger partial charge in [0, 0.05) is 0 Å². The van der Waals surface area contributed by atoms with Crippen molar-refractivity contribution >= 4 is 6.08 Å². The van der Waals surface area contributed by atoms with E-state index < -0.39 is 0 Å². The first-order valence-electron chi connectivity index (χ1n) is 5.89. The lowest BCUT2D eigenvalue weighted by Crippen LogP contribution is -2.35. The predicted octanol–water partition coefficient (Wildman–Crippen LogP) is 3.11. The lowest BCUT2D eigenvalue weighted by atomic mass is 9.87. The standard InChI is InChI=1S/C16H15N/c17-16(12-13-6-2-1-3-7-13)11-10-14-8-4-5-9-15(14)16/h1-11H,12,17H2. The molecule has 2 aromatic rings. The molecule has 84 valence electrons. The molecule has 0 saturated carbocycles. The second-order valence-electron chi connectivity index (χ2n) is 4.62. The highest BCUT2D eigenvalue weighted by atomic mass is 14.7. The molecule has 2 aromatic carbocycles. The lowest BCUT2D eigenvalue weighted by molar-refractivity contribution is 0.568. The molecule has 1 atom stereocenters. The molecular formula is C16H15N. The first-order chi connectivity index (χ1) is 8.28. The summed E-state index contributed by atoms with van der Waals surface area (Å²) in [4.78, 5) is 0. The van der Waals surface area contributed by atoms with Crippen LogP contribution in [0.5, 0.6) is 0 Å². The smallest absolute Gasteiger partial charge is 0.0645 e. The average molecular weight is 221 g/mol. The van der Waals surface area contributed by atoms with Crippen LogP contribution in [0, 0.1) is 0 Å². The highest BCUT2D eigenvalue weighted by Crippen LogP contribution is 2.34. The minimum atomic E-state index is -0.349. The van der Waals surface area contributed by atoms with E-state index in [2.05, 4.69) is 60.7 Å². The van der Waals surface area contributed by atoms with Gasteiger partial charge in [-0.25, -0.2) is 0 Å². The summed E-state index contributed by atoms with van der Waals surface area (Å²) in [5, 5.41) is 0. The Morgan fingerprint density at radius 2 is 1.59 bits per heavy atom. The van der Waals surface area contributed by atoms with Crippen LogP contribution in [0.25, 0.3) is 6.08 Å². The Labute approximate surface area is 102 Å². The molecule has 3 rings (SSSR count). The molecule has 0 radical (unpaired) electrons. The van der Waals surface area contributed by atoms with Gasteiger partial charge in [-0.3, -0.25) is 0 Å². The minimum Gasteiger partial charge on any atom is -0.318 e. The van der Waals surface area contributed by atoms with Crippen LogP contribution >= 0.6 is 0 Å². The Morgan fingerprint density at radius 3 is 2.41 bits per heavy atom. The maximum atomic E-state index is 6.52. The van der Waals surface area contributed by atoms with E-state index in [0.717, 1.165) is 6.42 Å². The Hall–Kier alpha value is -1.86. The van der Waals surface area contributed by atoms with Crippen LogP contribution in [0.15, 0.2) is 60.7 Å². The zero-order valence-corrected chi connectivity index (χ0v) is 9.64. The number of benzene rings is 2. The topological polar surface area (TPSA) is 26.0 Å². The van der Waals surface area contributed by atoms with Crippen LogP contribution in [0.3, 0.4) is 0 Å². The Bertz CT molecular complexity index is 557. The normalized spacial score (nSPS) is 21.5. The van der Waals surface area contributed by atoms with Crippen LogP contribution in [0.4, 0.5) is 0 Å². The Balaban J connectivity index is 1.97. The third-order valence-electron chi connectivity index (χ3n) is 3.36. The van der Waals surface area contributed by atoms with Crippen molar-refractivity contribution in [1.82, 2.24) is 0 Å². The second kappa shape index (κ2) is 3.86.